The molecule has 0 radical (unpaired) electrons. The third-order valence-electron chi connectivity index (χ3n) is 3.02. The second kappa shape index (κ2) is 5.65. The van der Waals surface area contributed by atoms with Crippen LogP contribution in [0.1, 0.15) is 35.8 Å². The highest BCUT2D eigenvalue weighted by atomic mass is 16.2. The second-order valence-electron chi connectivity index (χ2n) is 4.64. The van der Waals surface area contributed by atoms with Gasteiger partial charge in [0.2, 0.25) is 0 Å². The zero-order chi connectivity index (χ0) is 13.0. The van der Waals surface area contributed by atoms with Gasteiger partial charge in [0.25, 0.3) is 5.91 Å². The van der Waals surface area contributed by atoms with Crippen LogP contribution in [0.3, 0.4) is 0 Å². The van der Waals surface area contributed by atoms with Crippen molar-refractivity contribution in [1.82, 2.24) is 10.3 Å². The zero-order valence-electron chi connectivity index (χ0n) is 10.3. The summed E-state index contributed by atoms with van der Waals surface area (Å²) in [6, 6.07) is 3.68. The monoisotopic (exact) mass is 244 g/mol. The summed E-state index contributed by atoms with van der Waals surface area (Å²) in [6.45, 7) is 2.00. The Hall–Kier alpha value is -1.86. The van der Waals surface area contributed by atoms with Crippen molar-refractivity contribution in [2.24, 2.45) is 5.92 Å². The first-order valence-electron chi connectivity index (χ1n) is 6.05. The van der Waals surface area contributed by atoms with Crippen molar-refractivity contribution in [1.29, 1.82) is 0 Å². The number of hydrogen-bond donors (Lipinski definition) is 2. The van der Waals surface area contributed by atoms with E-state index >= 15 is 0 Å². The standard InChI is InChI=1S/C14H16N2O2/c1-10-7-12(8-10)16-14(18)13-5-4-11(9-15-13)3-2-6-17/h4-5,9-10,12,17H,6-8H2,1H3,(H,16,18). The maximum Gasteiger partial charge on any atom is 0.270 e. The first-order valence-corrected chi connectivity index (χ1v) is 6.05. The molecule has 1 fully saturated rings. The topological polar surface area (TPSA) is 62.2 Å². The number of hydrogen-bond acceptors (Lipinski definition) is 3. The lowest BCUT2D eigenvalue weighted by atomic mass is 9.82. The maximum atomic E-state index is 11.8. The van der Waals surface area contributed by atoms with E-state index in [-0.39, 0.29) is 12.5 Å². The minimum atomic E-state index is -0.178. The Morgan fingerprint density at radius 2 is 2.33 bits per heavy atom. The van der Waals surface area contributed by atoms with E-state index in [0.29, 0.717) is 23.2 Å². The summed E-state index contributed by atoms with van der Waals surface area (Å²) in [6.07, 6.45) is 3.64. The number of aromatic nitrogens is 1. The molecule has 1 aliphatic carbocycles. The highest BCUT2D eigenvalue weighted by Crippen LogP contribution is 2.26. The molecule has 0 spiro atoms. The first kappa shape index (κ1) is 12.6. The molecule has 0 atom stereocenters. The summed E-state index contributed by atoms with van der Waals surface area (Å²) < 4.78 is 0. The molecule has 4 heteroatoms. The van der Waals surface area contributed by atoms with Crippen LogP contribution in [0.25, 0.3) is 0 Å². The molecule has 2 N–H and O–H groups in total. The Balaban J connectivity index is 1.94. The van der Waals surface area contributed by atoms with E-state index in [1.54, 1.807) is 18.3 Å². The number of rotatable bonds is 2. The number of carbonyl (C=O) groups is 1. The summed E-state index contributed by atoms with van der Waals surface area (Å²) >= 11 is 0. The minimum absolute atomic E-state index is 0.131. The molecule has 0 aliphatic heterocycles. The number of amides is 1. The molecule has 2 rings (SSSR count). The molecule has 0 aromatic carbocycles. The number of carbonyl (C=O) groups excluding carboxylic acids is 1. The molecule has 1 aliphatic rings. The van der Waals surface area contributed by atoms with Gasteiger partial charge < -0.3 is 10.4 Å². The van der Waals surface area contributed by atoms with Gasteiger partial charge >= 0.3 is 0 Å². The van der Waals surface area contributed by atoms with Crippen LogP contribution in [-0.2, 0) is 0 Å². The van der Waals surface area contributed by atoms with Crippen LogP contribution in [0.5, 0.6) is 0 Å². The van der Waals surface area contributed by atoms with Crippen molar-refractivity contribution in [3.63, 3.8) is 0 Å². The van der Waals surface area contributed by atoms with Crippen LogP contribution < -0.4 is 5.32 Å². The van der Waals surface area contributed by atoms with E-state index in [0.717, 1.165) is 12.8 Å². The smallest absolute Gasteiger partial charge is 0.270 e. The molecule has 94 valence electrons. The molecule has 1 amide bonds. The van der Waals surface area contributed by atoms with Crippen LogP contribution in [0, 0.1) is 17.8 Å². The lowest BCUT2D eigenvalue weighted by Crippen LogP contribution is -2.43. The van der Waals surface area contributed by atoms with Gasteiger partial charge in [-0.05, 0) is 30.9 Å². The molecular weight excluding hydrogens is 228 g/mol. The summed E-state index contributed by atoms with van der Waals surface area (Å²) in [7, 11) is 0. The van der Waals surface area contributed by atoms with E-state index in [1.165, 1.54) is 0 Å². The third-order valence-corrected chi connectivity index (χ3v) is 3.02. The highest BCUT2D eigenvalue weighted by molar-refractivity contribution is 5.92. The van der Waals surface area contributed by atoms with Gasteiger partial charge in [0.05, 0.1) is 0 Å². The third kappa shape index (κ3) is 3.08. The maximum absolute atomic E-state index is 11.8. The van der Waals surface area contributed by atoms with Crippen molar-refractivity contribution < 1.29 is 9.90 Å². The van der Waals surface area contributed by atoms with Crippen molar-refractivity contribution in [3.05, 3.63) is 29.6 Å². The summed E-state index contributed by atoms with van der Waals surface area (Å²) in [5.74, 6) is 5.85. The molecule has 0 bridgehead atoms. The average molecular weight is 244 g/mol. The van der Waals surface area contributed by atoms with Crippen molar-refractivity contribution in [3.8, 4) is 11.8 Å². The predicted molar refractivity (Wildman–Crippen MR) is 67.9 cm³/mol. The Morgan fingerprint density at radius 1 is 1.56 bits per heavy atom. The fourth-order valence-electron chi connectivity index (χ4n) is 2.02. The van der Waals surface area contributed by atoms with Gasteiger partial charge in [0.1, 0.15) is 12.3 Å². The Morgan fingerprint density at radius 3 is 2.89 bits per heavy atom. The van der Waals surface area contributed by atoms with Crippen LogP contribution >= 0.6 is 0 Å². The van der Waals surface area contributed by atoms with Gasteiger partial charge in [-0.2, -0.15) is 0 Å². The van der Waals surface area contributed by atoms with E-state index in [9.17, 15) is 4.79 Å². The minimum Gasteiger partial charge on any atom is -0.384 e. The van der Waals surface area contributed by atoms with Gasteiger partial charge in [0.15, 0.2) is 0 Å². The fourth-order valence-corrected chi connectivity index (χ4v) is 2.02. The van der Waals surface area contributed by atoms with Crippen LogP contribution in [0.2, 0.25) is 0 Å². The number of nitrogens with zero attached hydrogens (tertiary/aromatic N) is 1. The molecule has 18 heavy (non-hydrogen) atoms. The lowest BCUT2D eigenvalue weighted by Gasteiger charge is -2.33. The lowest BCUT2D eigenvalue weighted by molar-refractivity contribution is 0.0891. The molecule has 1 saturated carbocycles. The Kier molecular flexibility index (Phi) is 3.96. The van der Waals surface area contributed by atoms with Gasteiger partial charge in [-0.15, -0.1) is 0 Å². The van der Waals surface area contributed by atoms with E-state index in [1.807, 2.05) is 0 Å². The molecule has 4 nitrogen and oxygen atoms in total. The van der Waals surface area contributed by atoms with Crippen LogP contribution in [-0.4, -0.2) is 28.6 Å². The number of aliphatic hydroxyl groups excluding tert-OH is 1. The number of pyridine rings is 1. The zero-order valence-corrected chi connectivity index (χ0v) is 10.3. The molecule has 1 aromatic heterocycles. The van der Waals surface area contributed by atoms with Gasteiger partial charge in [0, 0.05) is 17.8 Å². The van der Waals surface area contributed by atoms with Crippen LogP contribution in [0.15, 0.2) is 18.3 Å². The van der Waals surface area contributed by atoms with Gasteiger partial charge in [-0.1, -0.05) is 18.8 Å². The fraction of sp³-hybridized carbons (Fsp3) is 0.429. The summed E-state index contributed by atoms with van der Waals surface area (Å²) in [5.41, 5.74) is 1.10. The molecule has 1 heterocycles. The number of nitrogens with one attached hydrogen (secondary N) is 1. The molecule has 0 unspecified atom stereocenters. The molecule has 0 saturated heterocycles. The quantitative estimate of drug-likeness (QED) is 0.761. The van der Waals surface area contributed by atoms with Crippen molar-refractivity contribution >= 4 is 5.91 Å². The summed E-state index contributed by atoms with van der Waals surface area (Å²) in [4.78, 5) is 15.9. The van der Waals surface area contributed by atoms with Gasteiger partial charge in [-0.3, -0.25) is 4.79 Å². The molecular formula is C14H16N2O2. The first-order chi connectivity index (χ1) is 8.69. The van der Waals surface area contributed by atoms with Crippen molar-refractivity contribution in [2.45, 2.75) is 25.8 Å². The summed E-state index contributed by atoms with van der Waals surface area (Å²) in [5, 5.41) is 11.5. The second-order valence-corrected chi connectivity index (χ2v) is 4.64. The van der Waals surface area contributed by atoms with Crippen LogP contribution in [0.4, 0.5) is 0 Å². The SMILES string of the molecule is CC1CC(NC(=O)c2ccc(C#CCO)cn2)C1. The molecule has 1 aromatic rings. The van der Waals surface area contributed by atoms with Crippen molar-refractivity contribution in [2.75, 3.05) is 6.61 Å². The Bertz CT molecular complexity index is 479. The largest absolute Gasteiger partial charge is 0.384 e. The van der Waals surface area contributed by atoms with E-state index < -0.39 is 0 Å². The Labute approximate surface area is 106 Å². The normalized spacial score (nSPS) is 21.4. The predicted octanol–water partition coefficient (Wildman–Crippen LogP) is 0.954. The highest BCUT2D eigenvalue weighted by Gasteiger charge is 2.27. The van der Waals surface area contributed by atoms with Gasteiger partial charge in [-0.25, -0.2) is 4.98 Å². The van der Waals surface area contributed by atoms with E-state index in [4.69, 9.17) is 5.11 Å². The number of aliphatic hydroxyl groups is 1. The average Bonchev–Trinajstić information content (AvgIpc) is 2.35. The van der Waals surface area contributed by atoms with E-state index in [2.05, 4.69) is 29.1 Å².